The summed E-state index contributed by atoms with van der Waals surface area (Å²) < 4.78 is 44.9. The van der Waals surface area contributed by atoms with Crippen LogP contribution in [0.3, 0.4) is 0 Å². The van der Waals surface area contributed by atoms with Gasteiger partial charge in [-0.05, 0) is 75.9 Å². The molecule has 0 unspecified atom stereocenters. The minimum absolute atomic E-state index is 0. The molecule has 12 heteroatoms. The van der Waals surface area contributed by atoms with Gasteiger partial charge in [0.15, 0.2) is 0 Å². The van der Waals surface area contributed by atoms with Gasteiger partial charge in [0.05, 0.1) is 39.8 Å². The minimum atomic E-state index is -4.57. The summed E-state index contributed by atoms with van der Waals surface area (Å²) in [5, 5.41) is 6.25. The predicted octanol–water partition coefficient (Wildman–Crippen LogP) is 12.9. The van der Waals surface area contributed by atoms with Crippen molar-refractivity contribution in [2.75, 3.05) is 0 Å². The molecule has 12 rings (SSSR count). The van der Waals surface area contributed by atoms with E-state index in [-0.39, 0.29) is 31.6 Å². The van der Waals surface area contributed by atoms with Crippen LogP contribution in [0.15, 0.2) is 255 Å². The van der Waals surface area contributed by atoms with Crippen molar-refractivity contribution in [3.8, 4) is 79.3 Å². The van der Waals surface area contributed by atoms with Gasteiger partial charge >= 0.3 is 6.18 Å². The van der Waals surface area contributed by atoms with Gasteiger partial charge in [-0.2, -0.15) is 73.8 Å². The van der Waals surface area contributed by atoms with E-state index in [9.17, 15) is 13.2 Å². The van der Waals surface area contributed by atoms with Crippen molar-refractivity contribution in [1.29, 1.82) is 0 Å². The average Bonchev–Trinajstić information content (AvgIpc) is 4.24. The van der Waals surface area contributed by atoms with Crippen LogP contribution in [-0.2, 0) is 26.3 Å². The van der Waals surface area contributed by atoms with Crippen LogP contribution < -0.4 is 14.2 Å². The van der Waals surface area contributed by atoms with Gasteiger partial charge in [0.2, 0.25) is 0 Å². The molecule has 0 saturated heterocycles. The molecule has 0 aliphatic rings. The normalized spacial score (nSPS) is 10.8. The fourth-order valence-electron chi connectivity index (χ4n) is 8.16. The molecule has 0 spiro atoms. The fraction of sp³-hybridized carbons (Fsp3) is 0.0161. The summed E-state index contributed by atoms with van der Waals surface area (Å²) in [5.74, 6) is -1.37. The Morgan fingerprint density at radius 2 is 0.811 bits per heavy atom. The zero-order valence-corrected chi connectivity index (χ0v) is 41.7. The third-order valence-electron chi connectivity index (χ3n) is 11.4. The number of nitrogens with zero attached hydrogens (tertiary/aromatic N) is 8. The molecule has 0 aliphatic heterocycles. The Morgan fingerprint density at radius 3 is 1.16 bits per heavy atom. The molecule has 74 heavy (non-hydrogen) atoms. The molecule has 4 aromatic heterocycles. The van der Waals surface area contributed by atoms with Gasteiger partial charge in [0.25, 0.3) is 12.7 Å². The van der Waals surface area contributed by atoms with Gasteiger partial charge in [0.1, 0.15) is 5.82 Å². The van der Waals surface area contributed by atoms with E-state index in [1.54, 1.807) is 12.1 Å². The maximum absolute atomic E-state index is 12.1. The number of imidazole rings is 2. The third kappa shape index (κ3) is 11.3. The van der Waals surface area contributed by atoms with E-state index in [0.29, 0.717) is 0 Å². The van der Waals surface area contributed by atoms with Crippen molar-refractivity contribution in [1.82, 2.24) is 29.3 Å². The number of hydrogen-bond acceptors (Lipinski definition) is 3. The summed E-state index contributed by atoms with van der Waals surface area (Å²) in [6, 6.07) is 90.2. The van der Waals surface area contributed by atoms with Crippen LogP contribution in [0.4, 0.5) is 13.2 Å². The van der Waals surface area contributed by atoms with Crippen molar-refractivity contribution < 1.29 is 42.4 Å². The summed E-state index contributed by atoms with van der Waals surface area (Å²) in [6.45, 7) is 0. The predicted molar refractivity (Wildman–Crippen MR) is 275 cm³/mol. The summed E-state index contributed by atoms with van der Waals surface area (Å²) >= 11 is 0. The Labute approximate surface area is 440 Å². The first-order chi connectivity index (χ1) is 35.9. The molecule has 0 atom stereocenters. The Balaban J connectivity index is 0.000000143. The van der Waals surface area contributed by atoms with Crippen LogP contribution in [0.25, 0.3) is 79.3 Å². The molecule has 8 aromatic carbocycles. The van der Waals surface area contributed by atoms with Crippen molar-refractivity contribution in [3.05, 3.63) is 286 Å². The maximum Gasteiger partial charge on any atom is 0.429 e. The summed E-state index contributed by atoms with van der Waals surface area (Å²) in [4.78, 5) is 7.05. The average molecular weight is 1150 g/mol. The molecule has 4 heterocycles. The Bertz CT molecular complexity index is 3220. The zero-order chi connectivity index (χ0) is 49.8. The van der Waals surface area contributed by atoms with E-state index >= 15 is 0 Å². The second kappa shape index (κ2) is 23.4. The molecule has 0 aliphatic carbocycles. The van der Waals surface area contributed by atoms with Gasteiger partial charge < -0.3 is 19.2 Å². The van der Waals surface area contributed by atoms with E-state index in [1.807, 2.05) is 72.8 Å². The molecular formula is C62H42F3IrN8-3. The fourth-order valence-corrected chi connectivity index (χ4v) is 8.16. The molecule has 8 nitrogen and oxygen atoms in total. The number of rotatable bonds is 9. The van der Waals surface area contributed by atoms with E-state index in [2.05, 4.69) is 221 Å². The van der Waals surface area contributed by atoms with E-state index in [4.69, 9.17) is 0 Å². The number of benzene rings is 8. The number of pyridine rings is 1. The molecule has 0 saturated carbocycles. The van der Waals surface area contributed by atoms with Gasteiger partial charge in [-0.25, -0.2) is 0 Å². The van der Waals surface area contributed by atoms with Crippen LogP contribution in [0, 0.1) is 24.8 Å². The maximum atomic E-state index is 12.1. The zero-order valence-electron chi connectivity index (χ0n) is 39.3. The Morgan fingerprint density at radius 1 is 0.432 bits per heavy atom. The molecule has 0 fully saturated rings. The molecular weight excluding hydrogens is 1110 g/mol. The number of hydrogen-bond donors (Lipinski definition) is 0. The van der Waals surface area contributed by atoms with Gasteiger partial charge in [-0.15, -0.1) is 0 Å². The first-order valence-corrected chi connectivity index (χ1v) is 23.2. The summed E-state index contributed by atoms with van der Waals surface area (Å²) in [7, 11) is 0. The molecule has 12 aromatic rings. The first kappa shape index (κ1) is 49.9. The first-order valence-electron chi connectivity index (χ1n) is 23.2. The van der Waals surface area contributed by atoms with Crippen molar-refractivity contribution >= 4 is 0 Å². The number of halogens is 3. The number of aromatic nitrogens is 8. The Hall–Kier alpha value is -9.09. The summed E-state index contributed by atoms with van der Waals surface area (Å²) in [6.07, 6.45) is 4.04. The van der Waals surface area contributed by atoms with E-state index in [0.717, 1.165) is 67.8 Å². The number of alkyl halides is 3. The van der Waals surface area contributed by atoms with Crippen LogP contribution >= 0.6 is 0 Å². The van der Waals surface area contributed by atoms with Crippen LogP contribution in [0.2, 0.25) is 0 Å². The topological polar surface area (TPSA) is 70.4 Å². The molecule has 0 amide bonds. The Kier molecular flexibility index (Phi) is 15.8. The second-order valence-electron chi connectivity index (χ2n) is 16.2. The number of para-hydroxylation sites is 4. The van der Waals surface area contributed by atoms with Crippen molar-refractivity contribution in [2.24, 2.45) is 0 Å². The summed E-state index contributed by atoms with van der Waals surface area (Å²) in [5.41, 5.74) is 13.2. The van der Waals surface area contributed by atoms with Crippen LogP contribution in [-0.4, -0.2) is 24.2 Å². The van der Waals surface area contributed by atoms with Crippen LogP contribution in [0.5, 0.6) is 0 Å². The van der Waals surface area contributed by atoms with Crippen molar-refractivity contribution in [2.45, 2.75) is 6.18 Å². The third-order valence-corrected chi connectivity index (χ3v) is 11.4. The largest absolute Gasteiger partial charge is 0.429 e. The molecule has 1 radical (unpaired) electrons. The molecule has 0 bridgehead atoms. The standard InChI is InChI=1S/2C27H19N2.C8H4F3N4.Ir/c2*1-5-13-22(14-6-1)26-27(23-15-7-2-8-16-23)29(25-19-11-4-12-20-25)21-28(26)24-17-9-3-10-18-24;9-8(10,11)7-13-6(14-15-7)5-3-1-2-4-12-5;/h2*1-19H;1-4H;/q3*-1;. The monoisotopic (exact) mass is 1150 g/mol. The second-order valence-corrected chi connectivity index (χ2v) is 16.2. The van der Waals surface area contributed by atoms with Crippen molar-refractivity contribution in [3.63, 3.8) is 0 Å². The van der Waals surface area contributed by atoms with Gasteiger partial charge in [-0.1, -0.05) is 164 Å². The molecule has 363 valence electrons. The van der Waals surface area contributed by atoms with E-state index in [1.165, 1.54) is 12.3 Å². The smallest absolute Gasteiger partial charge is 0.413 e. The quantitative estimate of drug-likeness (QED) is 0.107. The van der Waals surface area contributed by atoms with Crippen LogP contribution in [0.1, 0.15) is 5.82 Å². The SMILES string of the molecule is FC(F)(F)c1n[n-]c(-c2ccccn2)n1.[Ir].[c-]1ccccc1-n1[c-][n+](-c2ccccc2)c(-c2ccccc2)c1-c1ccccc1.[c-]1ccccc1-n1[c-][n+](-c2ccccc2)c(-c2ccccc2)c1-c1ccccc1. The van der Waals surface area contributed by atoms with Gasteiger partial charge in [-0.3, -0.25) is 19.2 Å². The minimum Gasteiger partial charge on any atom is -0.413 e. The van der Waals surface area contributed by atoms with Gasteiger partial charge in [0, 0.05) is 26.3 Å². The van der Waals surface area contributed by atoms with E-state index < -0.39 is 12.0 Å². The molecule has 0 N–H and O–H groups in total.